The molecule has 5 heteroatoms. The number of anilines is 1. The zero-order valence-corrected chi connectivity index (χ0v) is 13.6. The Hall–Kier alpha value is -2.04. The Morgan fingerprint density at radius 3 is 2.41 bits per heavy atom. The Kier molecular flexibility index (Phi) is 5.06. The molecule has 1 fully saturated rings. The van der Waals surface area contributed by atoms with Gasteiger partial charge in [0.25, 0.3) is 0 Å². The van der Waals surface area contributed by atoms with Gasteiger partial charge in [-0.1, -0.05) is 0 Å². The van der Waals surface area contributed by atoms with Crippen LogP contribution in [0.15, 0.2) is 12.1 Å². The first-order chi connectivity index (χ1) is 10.4. The molecule has 0 spiro atoms. The number of carbonyl (C=O) groups is 2. The van der Waals surface area contributed by atoms with Crippen LogP contribution in [-0.2, 0) is 14.3 Å². The minimum Gasteiger partial charge on any atom is -0.469 e. The van der Waals surface area contributed by atoms with E-state index in [-0.39, 0.29) is 5.97 Å². The normalized spacial score (nSPS) is 15.5. The summed E-state index contributed by atoms with van der Waals surface area (Å²) >= 11 is 0. The molecule has 0 aliphatic carbocycles. The Morgan fingerprint density at radius 1 is 1.23 bits per heavy atom. The molecule has 0 radical (unpaired) electrons. The van der Waals surface area contributed by atoms with Gasteiger partial charge in [0.2, 0.25) is 0 Å². The Labute approximate surface area is 131 Å². The van der Waals surface area contributed by atoms with Crippen LogP contribution in [0.4, 0.5) is 5.69 Å². The number of benzene rings is 1. The fourth-order valence-electron chi connectivity index (χ4n) is 2.88. The number of hydrogen-bond acceptors (Lipinski definition) is 5. The first-order valence-corrected chi connectivity index (χ1v) is 7.59. The van der Waals surface area contributed by atoms with E-state index in [0.29, 0.717) is 11.3 Å². The van der Waals surface area contributed by atoms with Gasteiger partial charge in [0.05, 0.1) is 13.0 Å². The third kappa shape index (κ3) is 3.40. The lowest BCUT2D eigenvalue weighted by Gasteiger charge is -2.23. The maximum Gasteiger partial charge on any atom is 0.312 e. The highest BCUT2D eigenvalue weighted by Crippen LogP contribution is 2.36. The van der Waals surface area contributed by atoms with E-state index in [0.717, 1.165) is 24.3 Å². The quantitative estimate of drug-likeness (QED) is 0.632. The lowest BCUT2D eigenvalue weighted by Crippen LogP contribution is -2.20. The minimum absolute atomic E-state index is 0.346. The SMILES string of the molecule is COC(=O)C(C)c1cc(C)c(N2CCCC2)cc1OC(C)=O. The molecule has 0 aromatic heterocycles. The van der Waals surface area contributed by atoms with Gasteiger partial charge in [-0.2, -0.15) is 0 Å². The van der Waals surface area contributed by atoms with Crippen LogP contribution in [0.3, 0.4) is 0 Å². The van der Waals surface area contributed by atoms with Crippen LogP contribution in [0.2, 0.25) is 0 Å². The van der Waals surface area contributed by atoms with Crippen molar-refractivity contribution in [3.8, 4) is 5.75 Å². The number of nitrogens with zero attached hydrogens (tertiary/aromatic N) is 1. The van der Waals surface area contributed by atoms with E-state index in [4.69, 9.17) is 9.47 Å². The number of esters is 2. The molecule has 1 aromatic carbocycles. The summed E-state index contributed by atoms with van der Waals surface area (Å²) in [5.74, 6) is -0.778. The molecule has 0 N–H and O–H groups in total. The summed E-state index contributed by atoms with van der Waals surface area (Å²) in [6, 6.07) is 3.80. The van der Waals surface area contributed by atoms with Crippen molar-refractivity contribution in [2.45, 2.75) is 39.5 Å². The number of methoxy groups -OCH3 is 1. The second kappa shape index (κ2) is 6.81. The molecule has 0 bridgehead atoms. The zero-order chi connectivity index (χ0) is 16.3. The molecule has 1 heterocycles. The van der Waals surface area contributed by atoms with Crippen molar-refractivity contribution >= 4 is 17.6 Å². The van der Waals surface area contributed by atoms with Crippen molar-refractivity contribution in [2.75, 3.05) is 25.1 Å². The Balaban J connectivity index is 2.45. The molecule has 1 unspecified atom stereocenters. The topological polar surface area (TPSA) is 55.8 Å². The number of carbonyl (C=O) groups excluding carboxylic acids is 2. The number of rotatable bonds is 4. The van der Waals surface area contributed by atoms with Gasteiger partial charge in [-0.15, -0.1) is 0 Å². The molecular formula is C17H23NO4. The molecule has 22 heavy (non-hydrogen) atoms. The summed E-state index contributed by atoms with van der Waals surface area (Å²) in [6.45, 7) is 7.14. The molecule has 120 valence electrons. The highest BCUT2D eigenvalue weighted by atomic mass is 16.5. The lowest BCUT2D eigenvalue weighted by molar-refractivity contribution is -0.142. The monoisotopic (exact) mass is 305 g/mol. The van der Waals surface area contributed by atoms with Crippen molar-refractivity contribution in [1.29, 1.82) is 0 Å². The van der Waals surface area contributed by atoms with Gasteiger partial charge in [-0.25, -0.2) is 0 Å². The molecule has 1 aromatic rings. The maximum absolute atomic E-state index is 11.8. The molecular weight excluding hydrogens is 282 g/mol. The van der Waals surface area contributed by atoms with Crippen molar-refractivity contribution in [3.63, 3.8) is 0 Å². The number of aryl methyl sites for hydroxylation is 1. The van der Waals surface area contributed by atoms with E-state index in [2.05, 4.69) is 4.90 Å². The molecule has 1 saturated heterocycles. The molecule has 0 amide bonds. The van der Waals surface area contributed by atoms with Gasteiger partial charge >= 0.3 is 11.9 Å². The molecule has 2 rings (SSSR count). The molecule has 5 nitrogen and oxygen atoms in total. The molecule has 1 aliphatic heterocycles. The van der Waals surface area contributed by atoms with Crippen molar-refractivity contribution in [2.24, 2.45) is 0 Å². The lowest BCUT2D eigenvalue weighted by atomic mass is 9.97. The number of hydrogen-bond donors (Lipinski definition) is 0. The average Bonchev–Trinajstić information content (AvgIpc) is 3.00. The van der Waals surface area contributed by atoms with E-state index in [1.165, 1.54) is 26.9 Å². The number of ether oxygens (including phenoxy) is 2. The summed E-state index contributed by atoms with van der Waals surface area (Å²) < 4.78 is 10.1. The van der Waals surface area contributed by atoms with Gasteiger partial charge in [-0.05, 0) is 38.3 Å². The predicted molar refractivity (Wildman–Crippen MR) is 84.4 cm³/mol. The van der Waals surface area contributed by atoms with Crippen molar-refractivity contribution in [1.82, 2.24) is 0 Å². The maximum atomic E-state index is 11.8. The molecule has 1 aliphatic rings. The van der Waals surface area contributed by atoms with Crippen LogP contribution in [0.1, 0.15) is 43.7 Å². The average molecular weight is 305 g/mol. The highest BCUT2D eigenvalue weighted by Gasteiger charge is 2.24. The van der Waals surface area contributed by atoms with E-state index in [1.54, 1.807) is 6.92 Å². The van der Waals surface area contributed by atoms with E-state index < -0.39 is 11.9 Å². The van der Waals surface area contributed by atoms with Crippen LogP contribution < -0.4 is 9.64 Å². The molecule has 1 atom stereocenters. The largest absolute Gasteiger partial charge is 0.469 e. The van der Waals surface area contributed by atoms with Crippen molar-refractivity contribution < 1.29 is 19.1 Å². The predicted octanol–water partition coefficient (Wildman–Crippen LogP) is 2.80. The third-order valence-electron chi connectivity index (χ3n) is 4.05. The zero-order valence-electron chi connectivity index (χ0n) is 13.6. The van der Waals surface area contributed by atoms with Gasteiger partial charge in [0.15, 0.2) is 0 Å². The first-order valence-electron chi connectivity index (χ1n) is 7.59. The van der Waals surface area contributed by atoms with Gasteiger partial charge < -0.3 is 14.4 Å². The van der Waals surface area contributed by atoms with E-state index in [1.807, 2.05) is 19.1 Å². The van der Waals surface area contributed by atoms with Crippen LogP contribution in [0.5, 0.6) is 5.75 Å². The summed E-state index contributed by atoms with van der Waals surface area (Å²) in [6.07, 6.45) is 2.34. The standard InChI is InChI=1S/C17H23NO4/c1-11-9-14(12(2)17(20)21-4)16(22-13(3)19)10-15(11)18-7-5-6-8-18/h9-10,12H,5-8H2,1-4H3. The second-order valence-electron chi connectivity index (χ2n) is 5.71. The fourth-order valence-corrected chi connectivity index (χ4v) is 2.88. The van der Waals surface area contributed by atoms with Gasteiger partial charge in [0, 0.05) is 37.3 Å². The minimum atomic E-state index is -0.481. The molecule has 0 saturated carbocycles. The van der Waals surface area contributed by atoms with Crippen LogP contribution >= 0.6 is 0 Å². The van der Waals surface area contributed by atoms with Gasteiger partial charge in [-0.3, -0.25) is 9.59 Å². The van der Waals surface area contributed by atoms with Gasteiger partial charge in [0.1, 0.15) is 5.75 Å². The van der Waals surface area contributed by atoms with E-state index >= 15 is 0 Å². The van der Waals surface area contributed by atoms with Crippen LogP contribution in [-0.4, -0.2) is 32.1 Å². The van der Waals surface area contributed by atoms with E-state index in [9.17, 15) is 9.59 Å². The smallest absolute Gasteiger partial charge is 0.312 e. The Morgan fingerprint density at radius 2 is 1.86 bits per heavy atom. The first kappa shape index (κ1) is 16.3. The fraction of sp³-hybridized carbons (Fsp3) is 0.529. The Bertz CT molecular complexity index is 576. The highest BCUT2D eigenvalue weighted by molar-refractivity contribution is 5.80. The van der Waals surface area contributed by atoms with Crippen LogP contribution in [0, 0.1) is 6.92 Å². The summed E-state index contributed by atoms with van der Waals surface area (Å²) in [4.78, 5) is 25.5. The summed E-state index contributed by atoms with van der Waals surface area (Å²) in [7, 11) is 1.36. The summed E-state index contributed by atoms with van der Waals surface area (Å²) in [5.41, 5.74) is 2.82. The van der Waals surface area contributed by atoms with Crippen LogP contribution in [0.25, 0.3) is 0 Å². The second-order valence-corrected chi connectivity index (χ2v) is 5.71. The summed E-state index contributed by atoms with van der Waals surface area (Å²) in [5, 5.41) is 0. The van der Waals surface area contributed by atoms with Crippen molar-refractivity contribution in [3.05, 3.63) is 23.3 Å². The third-order valence-corrected chi connectivity index (χ3v) is 4.05.